The van der Waals surface area contributed by atoms with Crippen LogP contribution in [0.15, 0.2) is 0 Å². The van der Waals surface area contributed by atoms with Crippen LogP contribution in [0, 0.1) is 5.92 Å². The molecule has 0 rings (SSSR count). The minimum atomic E-state index is -0.418. The van der Waals surface area contributed by atoms with E-state index in [0.717, 1.165) is 6.42 Å². The van der Waals surface area contributed by atoms with Crippen molar-refractivity contribution in [3.63, 3.8) is 0 Å². The average Bonchev–Trinajstić information content (AvgIpc) is 2.10. The Bertz CT molecular complexity index is 126. The van der Waals surface area contributed by atoms with Gasteiger partial charge in [-0.15, -0.1) is 0 Å². The van der Waals surface area contributed by atoms with E-state index >= 15 is 0 Å². The van der Waals surface area contributed by atoms with Gasteiger partial charge in [-0.25, -0.2) is 0 Å². The fourth-order valence-corrected chi connectivity index (χ4v) is 1.06. The van der Waals surface area contributed by atoms with Crippen LogP contribution < -0.4 is 0 Å². The van der Waals surface area contributed by atoms with Crippen molar-refractivity contribution in [2.24, 2.45) is 5.92 Å². The van der Waals surface area contributed by atoms with Crippen LogP contribution in [0.4, 0.5) is 0 Å². The molecule has 0 aromatic heterocycles. The number of carboxylic acids is 1. The lowest BCUT2D eigenvalue weighted by Gasteiger charge is -2.07. The van der Waals surface area contributed by atoms with Gasteiger partial charge in [0.25, 0.3) is 1.43 Å². The van der Waals surface area contributed by atoms with Crippen molar-refractivity contribution < 1.29 is 9.90 Å². The maximum atomic E-state index is 10.6. The maximum Gasteiger partial charge on any atom is 0.303 e. The Balaban J connectivity index is 3.30. The van der Waals surface area contributed by atoms with Gasteiger partial charge in [0.15, 0.2) is 0 Å². The summed E-state index contributed by atoms with van der Waals surface area (Å²) in [4.78, 5) is 10.6. The first-order valence-corrected chi connectivity index (χ1v) is 4.36. The number of carbonyl (C=O) groups is 1. The predicted octanol–water partition coefficient (Wildman–Crippen LogP) is 2.68. The molecule has 0 radical (unpaired) electrons. The fourth-order valence-electron chi connectivity index (χ4n) is 1.06. The van der Waals surface area contributed by atoms with Gasteiger partial charge >= 0.3 is 5.97 Å². The highest BCUT2D eigenvalue weighted by molar-refractivity contribution is 5.66. The lowest BCUT2D eigenvalue weighted by molar-refractivity contribution is -0.137. The van der Waals surface area contributed by atoms with Gasteiger partial charge in [-0.3, -0.25) is 4.79 Å². The van der Waals surface area contributed by atoms with Crippen LogP contribution in [-0.2, 0) is 4.79 Å². The highest BCUT2D eigenvalue weighted by Crippen LogP contribution is 2.13. The molecule has 0 amide bonds. The molecule has 0 aliphatic carbocycles. The predicted molar refractivity (Wildman–Crippen MR) is 45.6 cm³/mol. The van der Waals surface area contributed by atoms with Crippen LogP contribution in [0.3, 0.4) is 0 Å². The van der Waals surface area contributed by atoms with Crippen LogP contribution in [-0.4, -0.2) is 11.1 Å². The molecule has 0 saturated carbocycles. The highest BCUT2D eigenvalue weighted by atomic mass is 16.4. The summed E-state index contributed by atoms with van der Waals surface area (Å²) in [6, 6.07) is 0. The van der Waals surface area contributed by atoms with E-state index in [-0.39, 0.29) is 0 Å². The third-order valence-electron chi connectivity index (χ3n) is 1.89. The SMILES string of the molecule is [2H]OC(=O)CCC(C)CCCC. The summed E-state index contributed by atoms with van der Waals surface area (Å²) < 4.78 is 6.34. The number of aliphatic carboxylic acids is 1. The molecule has 0 aromatic rings. The Morgan fingerprint density at radius 3 is 2.91 bits per heavy atom. The van der Waals surface area contributed by atoms with Crippen LogP contribution >= 0.6 is 0 Å². The summed E-state index contributed by atoms with van der Waals surface area (Å²) in [5.74, 6) is 0.155. The molecule has 66 valence electrons. The van der Waals surface area contributed by atoms with Crippen molar-refractivity contribution in [3.05, 3.63) is 0 Å². The monoisotopic (exact) mass is 159 g/mol. The third kappa shape index (κ3) is 7.37. The number of carboxylic acid groups (broad SMARTS) is 1. The highest BCUT2D eigenvalue weighted by Gasteiger charge is 2.03. The Morgan fingerprint density at radius 2 is 2.36 bits per heavy atom. The molecule has 0 aliphatic heterocycles. The summed E-state index contributed by atoms with van der Waals surface area (Å²) in [6.45, 7) is 4.29. The van der Waals surface area contributed by atoms with Gasteiger partial charge < -0.3 is 5.11 Å². The largest absolute Gasteiger partial charge is 0.481 e. The number of unbranched alkanes of at least 4 members (excludes halogenated alkanes) is 1. The van der Waals surface area contributed by atoms with E-state index in [1.165, 1.54) is 19.3 Å². The van der Waals surface area contributed by atoms with Gasteiger partial charge in [0.1, 0.15) is 0 Å². The zero-order chi connectivity index (χ0) is 9.40. The van der Waals surface area contributed by atoms with Gasteiger partial charge in [-0.05, 0) is 12.3 Å². The van der Waals surface area contributed by atoms with Gasteiger partial charge in [0.05, 0.1) is 0 Å². The van der Waals surface area contributed by atoms with Crippen molar-refractivity contribution in [2.75, 3.05) is 0 Å². The van der Waals surface area contributed by atoms with Crippen molar-refractivity contribution in [1.29, 1.82) is 1.43 Å². The second-order valence-corrected chi connectivity index (χ2v) is 3.16. The summed E-state index contributed by atoms with van der Waals surface area (Å²) in [7, 11) is 0. The van der Waals surface area contributed by atoms with Gasteiger partial charge in [-0.1, -0.05) is 33.1 Å². The molecule has 0 saturated heterocycles. The molecule has 0 aliphatic rings. The topological polar surface area (TPSA) is 37.3 Å². The molecule has 2 nitrogen and oxygen atoms in total. The molecule has 0 bridgehead atoms. The average molecular weight is 159 g/mol. The van der Waals surface area contributed by atoms with E-state index in [1.54, 1.807) is 0 Å². The molecular weight excluding hydrogens is 140 g/mol. The molecule has 0 aromatic carbocycles. The maximum absolute atomic E-state index is 10.6. The van der Waals surface area contributed by atoms with E-state index in [9.17, 15) is 4.79 Å². The van der Waals surface area contributed by atoms with E-state index in [2.05, 4.69) is 19.0 Å². The summed E-state index contributed by atoms with van der Waals surface area (Å²) in [5.41, 5.74) is 0. The Hall–Kier alpha value is -0.530. The molecule has 0 fully saturated rings. The molecule has 0 heterocycles. The lowest BCUT2D eigenvalue weighted by atomic mass is 9.99. The van der Waals surface area contributed by atoms with Gasteiger partial charge in [-0.2, -0.15) is 0 Å². The van der Waals surface area contributed by atoms with E-state index in [4.69, 9.17) is 1.43 Å². The first-order valence-electron chi connectivity index (χ1n) is 4.77. The van der Waals surface area contributed by atoms with Crippen molar-refractivity contribution in [1.82, 2.24) is 0 Å². The van der Waals surface area contributed by atoms with Crippen LogP contribution in [0.2, 0.25) is 0 Å². The smallest absolute Gasteiger partial charge is 0.303 e. The molecule has 1 unspecified atom stereocenters. The fraction of sp³-hybridized carbons (Fsp3) is 0.889. The zero-order valence-corrected chi connectivity index (χ0v) is 7.43. The second kappa shape index (κ2) is 6.20. The molecule has 11 heavy (non-hydrogen) atoms. The van der Waals surface area contributed by atoms with Crippen LogP contribution in [0.25, 0.3) is 1.43 Å². The quantitative estimate of drug-likeness (QED) is 0.647. The normalized spacial score (nSPS) is 13.8. The Morgan fingerprint density at radius 1 is 1.64 bits per heavy atom. The van der Waals surface area contributed by atoms with Crippen molar-refractivity contribution in [3.8, 4) is 0 Å². The molecule has 0 spiro atoms. The zero-order valence-electron chi connectivity index (χ0n) is 8.43. The number of rotatable bonds is 6. The van der Waals surface area contributed by atoms with Crippen molar-refractivity contribution >= 4 is 5.97 Å². The van der Waals surface area contributed by atoms with Crippen LogP contribution in [0.1, 0.15) is 46.0 Å². The summed E-state index contributed by atoms with van der Waals surface area (Å²) >= 11 is 0. The van der Waals surface area contributed by atoms with E-state index in [0.29, 0.717) is 12.3 Å². The number of hydrogen-bond acceptors (Lipinski definition) is 2. The first-order chi connectivity index (χ1) is 5.70. The van der Waals surface area contributed by atoms with Crippen molar-refractivity contribution in [2.45, 2.75) is 46.0 Å². The standard InChI is InChI=1S/C9H18O2/c1-3-4-5-8(2)6-7-9(10)11/h8H,3-7H2,1-2H3,(H,10,11)/i/hD. The van der Waals surface area contributed by atoms with Gasteiger partial charge in [0, 0.05) is 6.42 Å². The Labute approximate surface area is 70.1 Å². The minimum absolute atomic E-state index is 0.383. The van der Waals surface area contributed by atoms with Crippen LogP contribution in [0.5, 0.6) is 0 Å². The number of hydrogen-bond donors (Lipinski definition) is 1. The third-order valence-corrected chi connectivity index (χ3v) is 1.89. The summed E-state index contributed by atoms with van der Waals surface area (Å²) in [5, 5.41) is 3.82. The molecular formula is C9H18O2. The minimum Gasteiger partial charge on any atom is -0.481 e. The Kier molecular flexibility index (Phi) is 4.83. The first kappa shape index (κ1) is 8.57. The molecule has 1 N–H and O–H groups in total. The lowest BCUT2D eigenvalue weighted by Crippen LogP contribution is -2.00. The second-order valence-electron chi connectivity index (χ2n) is 3.16. The van der Waals surface area contributed by atoms with E-state index < -0.39 is 5.97 Å². The summed E-state index contributed by atoms with van der Waals surface area (Å²) in [6.07, 6.45) is 4.82. The van der Waals surface area contributed by atoms with Gasteiger partial charge in [0.2, 0.25) is 0 Å². The van der Waals surface area contributed by atoms with E-state index in [1.807, 2.05) is 0 Å². The molecule has 2 heteroatoms. The molecule has 1 atom stereocenters.